The summed E-state index contributed by atoms with van der Waals surface area (Å²) in [5.74, 6) is 0.383. The largest absolute Gasteiger partial charge is 0.453 e. The fraction of sp³-hybridized carbons (Fsp3) is 0.529. The van der Waals surface area contributed by atoms with Gasteiger partial charge in [0.05, 0.1) is 19.0 Å². The normalized spacial score (nSPS) is 14.6. The van der Waals surface area contributed by atoms with Gasteiger partial charge in [0, 0.05) is 5.92 Å². The van der Waals surface area contributed by atoms with E-state index in [-0.39, 0.29) is 23.7 Å². The number of aromatic nitrogens is 1. The molecular formula is C17H24N4O4. The Balaban J connectivity index is 1.94. The van der Waals surface area contributed by atoms with E-state index in [1.54, 1.807) is 12.1 Å². The van der Waals surface area contributed by atoms with E-state index in [1.807, 2.05) is 13.8 Å². The van der Waals surface area contributed by atoms with Crippen LogP contribution in [0, 0.1) is 11.8 Å². The number of alkyl carbamates (subject to hydrolysis) is 1. The lowest BCUT2D eigenvalue weighted by atomic mass is 10.0. The molecule has 1 atom stereocenters. The van der Waals surface area contributed by atoms with Gasteiger partial charge in [-0.2, -0.15) is 0 Å². The summed E-state index contributed by atoms with van der Waals surface area (Å²) >= 11 is 0. The molecule has 0 spiro atoms. The van der Waals surface area contributed by atoms with Gasteiger partial charge in [-0.15, -0.1) is 0 Å². The highest BCUT2D eigenvalue weighted by Gasteiger charge is 2.29. The van der Waals surface area contributed by atoms with Crippen LogP contribution < -0.4 is 16.0 Å². The van der Waals surface area contributed by atoms with E-state index in [9.17, 15) is 14.4 Å². The molecule has 8 heteroatoms. The van der Waals surface area contributed by atoms with Gasteiger partial charge in [-0.05, 0) is 37.3 Å². The lowest BCUT2D eigenvalue weighted by molar-refractivity contribution is -0.118. The Labute approximate surface area is 146 Å². The van der Waals surface area contributed by atoms with E-state index in [4.69, 9.17) is 0 Å². The van der Waals surface area contributed by atoms with Crippen molar-refractivity contribution in [2.24, 2.45) is 11.8 Å². The molecule has 0 aromatic carbocycles. The number of ether oxygens (including phenoxy) is 1. The minimum atomic E-state index is -0.707. The predicted octanol–water partition coefficient (Wildman–Crippen LogP) is 2.14. The summed E-state index contributed by atoms with van der Waals surface area (Å²) < 4.78 is 4.56. The summed E-state index contributed by atoms with van der Waals surface area (Å²) in [7, 11) is 1.25. The first-order chi connectivity index (χ1) is 11.9. The summed E-state index contributed by atoms with van der Waals surface area (Å²) in [4.78, 5) is 39.6. The molecule has 3 amide bonds. The maximum absolute atomic E-state index is 12.4. The van der Waals surface area contributed by atoms with Gasteiger partial charge in [-0.1, -0.05) is 13.8 Å². The molecule has 1 aliphatic carbocycles. The number of rotatable bonds is 7. The molecule has 1 aromatic rings. The molecule has 1 heterocycles. The molecule has 1 fully saturated rings. The minimum absolute atomic E-state index is 0.0245. The molecule has 25 heavy (non-hydrogen) atoms. The molecule has 0 radical (unpaired) electrons. The van der Waals surface area contributed by atoms with Gasteiger partial charge in [0.25, 0.3) is 0 Å². The molecule has 0 aliphatic heterocycles. The first-order valence-electron chi connectivity index (χ1n) is 8.31. The molecule has 1 aliphatic rings. The van der Waals surface area contributed by atoms with Crippen molar-refractivity contribution in [1.82, 2.24) is 10.3 Å². The van der Waals surface area contributed by atoms with Crippen molar-refractivity contribution in [3.63, 3.8) is 0 Å². The third-order valence-electron chi connectivity index (χ3n) is 3.73. The predicted molar refractivity (Wildman–Crippen MR) is 93.0 cm³/mol. The van der Waals surface area contributed by atoms with Crippen LogP contribution in [0.1, 0.15) is 33.1 Å². The van der Waals surface area contributed by atoms with Crippen molar-refractivity contribution in [3.05, 3.63) is 18.3 Å². The van der Waals surface area contributed by atoms with Crippen molar-refractivity contribution in [3.8, 4) is 0 Å². The number of nitrogens with zero attached hydrogens (tertiary/aromatic N) is 1. The molecule has 136 valence electrons. The van der Waals surface area contributed by atoms with Crippen molar-refractivity contribution in [1.29, 1.82) is 0 Å². The number of methoxy groups -OCH3 is 1. The summed E-state index contributed by atoms with van der Waals surface area (Å²) in [5.41, 5.74) is 0.481. The van der Waals surface area contributed by atoms with E-state index in [2.05, 4.69) is 25.7 Å². The van der Waals surface area contributed by atoms with E-state index >= 15 is 0 Å². The smallest absolute Gasteiger partial charge is 0.407 e. The average molecular weight is 348 g/mol. The van der Waals surface area contributed by atoms with Gasteiger partial charge in [0.15, 0.2) is 0 Å². The van der Waals surface area contributed by atoms with Gasteiger partial charge in [-0.25, -0.2) is 9.78 Å². The number of carbonyl (C=O) groups is 3. The Kier molecular flexibility index (Phi) is 6.32. The van der Waals surface area contributed by atoms with Crippen LogP contribution in [-0.4, -0.2) is 36.0 Å². The van der Waals surface area contributed by atoms with E-state index in [1.165, 1.54) is 13.3 Å². The Morgan fingerprint density at radius 2 is 1.96 bits per heavy atom. The first kappa shape index (κ1) is 18.7. The highest BCUT2D eigenvalue weighted by molar-refractivity contribution is 5.97. The molecule has 0 unspecified atom stereocenters. The van der Waals surface area contributed by atoms with Crippen LogP contribution in [0.15, 0.2) is 18.3 Å². The maximum atomic E-state index is 12.4. The zero-order valence-corrected chi connectivity index (χ0v) is 14.7. The molecule has 0 bridgehead atoms. The van der Waals surface area contributed by atoms with Crippen LogP contribution in [0.5, 0.6) is 0 Å². The summed E-state index contributed by atoms with van der Waals surface area (Å²) in [6, 6.07) is 2.57. The van der Waals surface area contributed by atoms with Crippen LogP contribution in [-0.2, 0) is 14.3 Å². The molecular weight excluding hydrogens is 324 g/mol. The monoisotopic (exact) mass is 348 g/mol. The standard InChI is InChI=1S/C17H24N4O4/c1-10(2)8-13(20-17(24)25-3)16(23)19-12-6-7-14(18-9-12)21-15(22)11-4-5-11/h6-7,9-11,13H,4-5,8H2,1-3H3,(H,19,23)(H,20,24)(H,18,21,22)/t13-/m1/s1. The van der Waals surface area contributed by atoms with Gasteiger partial charge < -0.3 is 20.7 Å². The van der Waals surface area contributed by atoms with Crippen LogP contribution in [0.25, 0.3) is 0 Å². The molecule has 1 saturated carbocycles. The maximum Gasteiger partial charge on any atom is 0.407 e. The number of nitrogens with one attached hydrogen (secondary N) is 3. The second kappa shape index (κ2) is 8.46. The number of amides is 3. The van der Waals surface area contributed by atoms with Crippen LogP contribution >= 0.6 is 0 Å². The lowest BCUT2D eigenvalue weighted by Crippen LogP contribution is -2.44. The summed E-state index contributed by atoms with van der Waals surface area (Å²) in [6.45, 7) is 3.91. The third-order valence-corrected chi connectivity index (χ3v) is 3.73. The lowest BCUT2D eigenvalue weighted by Gasteiger charge is -2.19. The minimum Gasteiger partial charge on any atom is -0.453 e. The second-order valence-electron chi connectivity index (χ2n) is 6.50. The number of anilines is 2. The zero-order chi connectivity index (χ0) is 18.4. The Morgan fingerprint density at radius 3 is 2.48 bits per heavy atom. The fourth-order valence-corrected chi connectivity index (χ4v) is 2.25. The summed E-state index contributed by atoms with van der Waals surface area (Å²) in [5, 5.41) is 7.96. The highest BCUT2D eigenvalue weighted by atomic mass is 16.5. The van der Waals surface area contributed by atoms with Crippen molar-refractivity contribution in [2.75, 3.05) is 17.7 Å². The topological polar surface area (TPSA) is 109 Å². The van der Waals surface area contributed by atoms with E-state index in [0.29, 0.717) is 17.9 Å². The Morgan fingerprint density at radius 1 is 1.24 bits per heavy atom. The molecule has 2 rings (SSSR count). The quantitative estimate of drug-likeness (QED) is 0.699. The zero-order valence-electron chi connectivity index (χ0n) is 14.7. The highest BCUT2D eigenvalue weighted by Crippen LogP contribution is 2.29. The third kappa shape index (κ3) is 6.06. The number of pyridine rings is 1. The molecule has 0 saturated heterocycles. The average Bonchev–Trinajstić information content (AvgIpc) is 3.40. The van der Waals surface area contributed by atoms with Crippen molar-refractivity contribution in [2.45, 2.75) is 39.2 Å². The van der Waals surface area contributed by atoms with Crippen LogP contribution in [0.3, 0.4) is 0 Å². The second-order valence-corrected chi connectivity index (χ2v) is 6.50. The fourth-order valence-electron chi connectivity index (χ4n) is 2.25. The van der Waals surface area contributed by atoms with Gasteiger partial charge in [0.2, 0.25) is 11.8 Å². The van der Waals surface area contributed by atoms with Gasteiger partial charge >= 0.3 is 6.09 Å². The summed E-state index contributed by atoms with van der Waals surface area (Å²) in [6.07, 6.45) is 3.13. The van der Waals surface area contributed by atoms with Crippen LogP contribution in [0.4, 0.5) is 16.3 Å². The van der Waals surface area contributed by atoms with Gasteiger partial charge in [-0.3, -0.25) is 9.59 Å². The number of hydrogen-bond acceptors (Lipinski definition) is 5. The SMILES string of the molecule is COC(=O)N[C@H](CC(C)C)C(=O)Nc1ccc(NC(=O)C2CC2)nc1. The van der Waals surface area contributed by atoms with E-state index < -0.39 is 12.1 Å². The first-order valence-corrected chi connectivity index (χ1v) is 8.31. The van der Waals surface area contributed by atoms with Crippen molar-refractivity contribution < 1.29 is 19.1 Å². The molecule has 1 aromatic heterocycles. The molecule has 8 nitrogen and oxygen atoms in total. The van der Waals surface area contributed by atoms with E-state index in [0.717, 1.165) is 12.8 Å². The number of hydrogen-bond donors (Lipinski definition) is 3. The molecule has 3 N–H and O–H groups in total. The van der Waals surface area contributed by atoms with Crippen LogP contribution in [0.2, 0.25) is 0 Å². The van der Waals surface area contributed by atoms with Gasteiger partial charge in [0.1, 0.15) is 11.9 Å². The Hall–Kier alpha value is -2.64. The number of carbonyl (C=O) groups excluding carboxylic acids is 3. The Bertz CT molecular complexity index is 626. The van der Waals surface area contributed by atoms with Crippen molar-refractivity contribution >= 4 is 29.4 Å².